The van der Waals surface area contributed by atoms with E-state index in [-0.39, 0.29) is 48.9 Å². The van der Waals surface area contributed by atoms with Crippen LogP contribution >= 0.6 is 0 Å². The van der Waals surface area contributed by atoms with E-state index in [4.69, 9.17) is 24.7 Å². The van der Waals surface area contributed by atoms with Gasteiger partial charge in [0, 0.05) is 35.4 Å². The summed E-state index contributed by atoms with van der Waals surface area (Å²) in [5.41, 5.74) is 4.25. The first kappa shape index (κ1) is 46.3. The van der Waals surface area contributed by atoms with E-state index >= 15 is 0 Å². The highest BCUT2D eigenvalue weighted by Gasteiger charge is 2.76. The zero-order valence-corrected chi connectivity index (χ0v) is 35.4. The molecule has 1 saturated heterocycles. The van der Waals surface area contributed by atoms with E-state index < -0.39 is 90.5 Å². The van der Waals surface area contributed by atoms with Gasteiger partial charge in [0.1, 0.15) is 19.2 Å². The van der Waals surface area contributed by atoms with Crippen LogP contribution in [-0.4, -0.2) is 108 Å². The maximum absolute atomic E-state index is 14.4. The summed E-state index contributed by atoms with van der Waals surface area (Å²) >= 11 is 0. The highest BCUT2D eigenvalue weighted by Crippen LogP contribution is 2.69. The standard InChI is InChI=1S/C44H59N5O13/c1-4-7-37-61-34-19-30-29-14-11-26-18-28(51)15-16-42(26,2)38(29)32(52)20-43(30,3)44(34,62-37)33(53)24-59-36(55)21-47-39(56)31(22-50)49-41(58)60-23-25-9-12-27(13-10-25)48-35(54)8-5-6-17-46-40(45)57/h9-10,12-13,15-16,18,29-32,34,37-38,50,52H,4-8,11,14,17,19-24H2,1-3H3,(H,47,56)(H,48,54)(H,49,58)(H3,45,46,57)/t29-,30?,31-,32-,34+,37?,38?,42-,43-,44+/m0/s1. The van der Waals surface area contributed by atoms with E-state index in [1.807, 2.05) is 19.9 Å². The first-order valence-electron chi connectivity index (χ1n) is 21.4. The lowest BCUT2D eigenvalue weighted by atomic mass is 9.46. The van der Waals surface area contributed by atoms with Gasteiger partial charge in [-0.25, -0.2) is 9.59 Å². The van der Waals surface area contributed by atoms with Gasteiger partial charge in [-0.2, -0.15) is 0 Å². The predicted octanol–water partition coefficient (Wildman–Crippen LogP) is 2.45. The van der Waals surface area contributed by atoms with Crippen molar-refractivity contribution in [1.82, 2.24) is 16.0 Å². The number of benzene rings is 1. The number of aliphatic hydroxyl groups is 2. The number of anilines is 1. The van der Waals surface area contributed by atoms with Crippen LogP contribution in [0.3, 0.4) is 0 Å². The zero-order valence-electron chi connectivity index (χ0n) is 35.4. The molecule has 18 nitrogen and oxygen atoms in total. The minimum Gasteiger partial charge on any atom is -0.456 e. The maximum atomic E-state index is 14.4. The summed E-state index contributed by atoms with van der Waals surface area (Å²) in [6.45, 7) is 4.04. The number of carbonyl (C=O) groups is 7. The van der Waals surface area contributed by atoms with Crippen LogP contribution in [0.15, 0.2) is 48.1 Å². The highest BCUT2D eigenvalue weighted by molar-refractivity contribution is 6.01. The summed E-state index contributed by atoms with van der Waals surface area (Å²) in [5, 5.41) is 31.5. The van der Waals surface area contributed by atoms with Gasteiger partial charge in [-0.1, -0.05) is 51.0 Å². The molecule has 1 heterocycles. The normalized spacial score (nSPS) is 30.9. The molecule has 3 unspecified atom stereocenters. The van der Waals surface area contributed by atoms with E-state index in [1.165, 1.54) is 0 Å². The van der Waals surface area contributed by atoms with Crippen molar-refractivity contribution in [3.63, 3.8) is 0 Å². The molecule has 5 amide bonds. The highest BCUT2D eigenvalue weighted by atomic mass is 16.7. The average Bonchev–Trinajstić information content (AvgIpc) is 3.72. The number of ketones is 2. The summed E-state index contributed by atoms with van der Waals surface area (Å²) < 4.78 is 23.6. The number of hydrogen-bond donors (Lipinski definition) is 7. The molecule has 0 spiro atoms. The lowest BCUT2D eigenvalue weighted by molar-refractivity contribution is -0.201. The molecule has 8 N–H and O–H groups in total. The zero-order chi connectivity index (χ0) is 44.8. The van der Waals surface area contributed by atoms with Crippen molar-refractivity contribution in [3.05, 3.63) is 53.6 Å². The van der Waals surface area contributed by atoms with Crippen LogP contribution in [0.5, 0.6) is 0 Å². The summed E-state index contributed by atoms with van der Waals surface area (Å²) in [7, 11) is 0. The first-order chi connectivity index (χ1) is 29.5. The monoisotopic (exact) mass is 865 g/mol. The molecule has 1 aromatic rings. The van der Waals surface area contributed by atoms with Crippen LogP contribution in [0.1, 0.15) is 84.1 Å². The Morgan fingerprint density at radius 2 is 1.81 bits per heavy atom. The number of aliphatic hydroxyl groups excluding tert-OH is 2. The van der Waals surface area contributed by atoms with Gasteiger partial charge >= 0.3 is 18.1 Å². The quantitative estimate of drug-likeness (QED) is 0.0827. The summed E-state index contributed by atoms with van der Waals surface area (Å²) in [6.07, 6.45) is 6.91. The molecule has 3 saturated carbocycles. The van der Waals surface area contributed by atoms with Crippen LogP contribution in [0, 0.1) is 28.6 Å². The van der Waals surface area contributed by atoms with Crippen LogP contribution in [-0.2, 0) is 49.5 Å². The maximum Gasteiger partial charge on any atom is 0.408 e. The third-order valence-corrected chi connectivity index (χ3v) is 13.5. The summed E-state index contributed by atoms with van der Waals surface area (Å²) in [4.78, 5) is 87.9. The fourth-order valence-electron chi connectivity index (χ4n) is 10.6. The van der Waals surface area contributed by atoms with Gasteiger partial charge in [-0.3, -0.25) is 24.0 Å². The lowest BCUT2D eigenvalue weighted by Crippen LogP contribution is -2.63. The smallest absolute Gasteiger partial charge is 0.408 e. The van der Waals surface area contributed by atoms with E-state index in [1.54, 1.807) is 36.4 Å². The number of unbranched alkanes of at least 4 members (excludes halogenated alkanes) is 1. The van der Waals surface area contributed by atoms with Gasteiger partial charge < -0.3 is 56.2 Å². The van der Waals surface area contributed by atoms with Gasteiger partial charge in [0.05, 0.1) is 18.8 Å². The number of nitrogens with two attached hydrogens (primary N) is 1. The third-order valence-electron chi connectivity index (χ3n) is 13.5. The van der Waals surface area contributed by atoms with Crippen molar-refractivity contribution in [1.29, 1.82) is 0 Å². The molecule has 10 atom stereocenters. The molecule has 18 heteroatoms. The molecule has 6 rings (SSSR count). The number of esters is 1. The number of carbonyl (C=O) groups excluding carboxylic acids is 7. The Hall–Kier alpha value is -5.17. The van der Waals surface area contributed by atoms with Crippen LogP contribution in [0.25, 0.3) is 0 Å². The second-order valence-corrected chi connectivity index (χ2v) is 17.4. The summed E-state index contributed by atoms with van der Waals surface area (Å²) in [5.74, 6) is -2.85. The Labute approximate surface area is 360 Å². The van der Waals surface area contributed by atoms with E-state index in [0.717, 1.165) is 18.4 Å². The molecule has 0 bridgehead atoms. The van der Waals surface area contributed by atoms with Crippen LogP contribution in [0.4, 0.5) is 15.3 Å². The second kappa shape index (κ2) is 19.5. The molecule has 0 aromatic heterocycles. The van der Waals surface area contributed by atoms with Crippen LogP contribution < -0.4 is 27.0 Å². The fourth-order valence-corrected chi connectivity index (χ4v) is 10.6. The molecule has 5 aliphatic rings. The number of ether oxygens (including phenoxy) is 4. The fraction of sp³-hybridized carbons (Fsp3) is 0.614. The van der Waals surface area contributed by atoms with Crippen molar-refractivity contribution < 1.29 is 62.7 Å². The Morgan fingerprint density at radius 1 is 1.05 bits per heavy atom. The number of rotatable bonds is 18. The molecule has 1 aliphatic heterocycles. The number of hydrogen-bond acceptors (Lipinski definition) is 13. The predicted molar refractivity (Wildman–Crippen MR) is 220 cm³/mol. The molecule has 1 aromatic carbocycles. The van der Waals surface area contributed by atoms with Gasteiger partial charge in [-0.15, -0.1) is 0 Å². The number of amides is 5. The molecular weight excluding hydrogens is 807 g/mol. The van der Waals surface area contributed by atoms with Gasteiger partial charge in [-0.05, 0) is 86.6 Å². The van der Waals surface area contributed by atoms with E-state index in [2.05, 4.69) is 28.2 Å². The topological polar surface area (TPSA) is 271 Å². The third kappa shape index (κ3) is 9.57. The average molecular weight is 866 g/mol. The number of allylic oxidation sites excluding steroid dienone is 4. The number of Topliss-reactive ketones (excluding diaryl/α,β-unsaturated/α-hetero) is 1. The van der Waals surface area contributed by atoms with Crippen molar-refractivity contribution >= 4 is 47.2 Å². The number of alkyl carbamates (subject to hydrolysis) is 1. The SMILES string of the molecule is CCCC1O[C@@H]2CC3[C@@H]4CCC5=CC(=O)C=C[C@]5(C)C4[C@@H](O)C[C@]3(C)[C@]2(C(=O)COC(=O)CNC(=O)[C@H](CO)NC(=O)OCc2ccc(NC(=O)CCCCNC(N)=O)cc2)O1. The lowest BCUT2D eigenvalue weighted by Gasteiger charge is -2.59. The van der Waals surface area contributed by atoms with E-state index in [9.17, 15) is 43.8 Å². The number of urea groups is 1. The van der Waals surface area contributed by atoms with Crippen molar-refractivity contribution in [3.8, 4) is 0 Å². The molecule has 4 fully saturated rings. The largest absolute Gasteiger partial charge is 0.456 e. The molecular formula is C44H59N5O13. The molecule has 0 radical (unpaired) electrons. The van der Waals surface area contributed by atoms with Crippen molar-refractivity contribution in [2.75, 3.05) is 31.6 Å². The van der Waals surface area contributed by atoms with Crippen molar-refractivity contribution in [2.24, 2.45) is 34.3 Å². The van der Waals surface area contributed by atoms with E-state index in [0.29, 0.717) is 49.9 Å². The minimum atomic E-state index is -1.50. The van der Waals surface area contributed by atoms with Crippen LogP contribution in [0.2, 0.25) is 0 Å². The molecule has 62 heavy (non-hydrogen) atoms. The number of primary amides is 1. The number of fused-ring (bicyclic) bond motifs is 7. The molecule has 338 valence electrons. The molecule has 4 aliphatic carbocycles. The van der Waals surface area contributed by atoms with Gasteiger partial charge in [0.25, 0.3) is 0 Å². The van der Waals surface area contributed by atoms with Gasteiger partial charge in [0.2, 0.25) is 17.6 Å². The van der Waals surface area contributed by atoms with Crippen molar-refractivity contribution in [2.45, 2.75) is 115 Å². The Bertz CT molecular complexity index is 1960. The Balaban J connectivity index is 0.981. The van der Waals surface area contributed by atoms with Gasteiger partial charge in [0.15, 0.2) is 24.3 Å². The Kier molecular flexibility index (Phi) is 14.6. The minimum absolute atomic E-state index is 0.00829. The number of nitrogens with one attached hydrogen (secondary N) is 4. The second-order valence-electron chi connectivity index (χ2n) is 17.4. The summed E-state index contributed by atoms with van der Waals surface area (Å²) in [6, 6.07) is 4.41. The first-order valence-corrected chi connectivity index (χ1v) is 21.4. The Morgan fingerprint density at radius 3 is 2.52 bits per heavy atom.